The fourth-order valence-corrected chi connectivity index (χ4v) is 2.89. The van der Waals surface area contributed by atoms with E-state index in [1.54, 1.807) is 0 Å². The first-order valence-electron chi connectivity index (χ1n) is 7.57. The molecule has 116 valence electrons. The van der Waals surface area contributed by atoms with Gasteiger partial charge in [-0.1, -0.05) is 12.8 Å². The molecule has 1 N–H and O–H groups in total. The fraction of sp³-hybridized carbons (Fsp3) is 0.600. The van der Waals surface area contributed by atoms with Gasteiger partial charge < -0.3 is 5.32 Å². The summed E-state index contributed by atoms with van der Waals surface area (Å²) in [5, 5.41) is 12.4. The Labute approximate surface area is 132 Å². The molecule has 1 saturated carbocycles. The smallest absolute Gasteiger partial charge is 0.0729 e. The van der Waals surface area contributed by atoms with Crippen LogP contribution in [0.4, 0.5) is 5.69 Å². The average Bonchev–Trinajstić information content (AvgIpc) is 3.17. The number of nitrogens with one attached hydrogen (secondary N) is 1. The van der Waals surface area contributed by atoms with Crippen LogP contribution in [-0.2, 0) is 13.1 Å². The van der Waals surface area contributed by atoms with Gasteiger partial charge in [0.15, 0.2) is 0 Å². The van der Waals surface area contributed by atoms with E-state index < -0.39 is 0 Å². The zero-order valence-electron chi connectivity index (χ0n) is 12.7. The molecule has 1 fully saturated rings. The van der Waals surface area contributed by atoms with E-state index in [1.807, 2.05) is 10.9 Å². The van der Waals surface area contributed by atoms with Crippen molar-refractivity contribution in [1.82, 2.24) is 19.6 Å². The third-order valence-electron chi connectivity index (χ3n) is 4.16. The van der Waals surface area contributed by atoms with Gasteiger partial charge in [0.25, 0.3) is 0 Å². The summed E-state index contributed by atoms with van der Waals surface area (Å²) in [7, 11) is 0. The molecule has 0 saturated heterocycles. The van der Waals surface area contributed by atoms with Crippen molar-refractivity contribution in [3.05, 3.63) is 29.8 Å². The SMILES string of the molecule is CCn1cc(CNc2cnn(C3CCCC3)c2)c(C)n1.Cl. The number of hydrogen-bond donors (Lipinski definition) is 1. The summed E-state index contributed by atoms with van der Waals surface area (Å²) in [5.74, 6) is 0. The van der Waals surface area contributed by atoms with E-state index in [0.717, 1.165) is 24.5 Å². The summed E-state index contributed by atoms with van der Waals surface area (Å²) in [6, 6.07) is 0.607. The van der Waals surface area contributed by atoms with E-state index in [4.69, 9.17) is 0 Å². The average molecular weight is 310 g/mol. The lowest BCUT2D eigenvalue weighted by Crippen LogP contribution is -2.04. The molecule has 2 heterocycles. The van der Waals surface area contributed by atoms with Crippen molar-refractivity contribution in [2.45, 2.75) is 58.7 Å². The van der Waals surface area contributed by atoms with Crippen LogP contribution in [0.2, 0.25) is 0 Å². The number of nitrogens with zero attached hydrogens (tertiary/aromatic N) is 4. The Hall–Kier alpha value is -1.49. The largest absolute Gasteiger partial charge is 0.378 e. The predicted octanol–water partition coefficient (Wildman–Crippen LogP) is 3.56. The van der Waals surface area contributed by atoms with Gasteiger partial charge in [0, 0.05) is 31.0 Å². The highest BCUT2D eigenvalue weighted by Gasteiger charge is 2.17. The highest BCUT2D eigenvalue weighted by atomic mass is 35.5. The van der Waals surface area contributed by atoms with Crippen molar-refractivity contribution in [1.29, 1.82) is 0 Å². The Morgan fingerprint density at radius 3 is 2.71 bits per heavy atom. The van der Waals surface area contributed by atoms with Crippen LogP contribution in [0.5, 0.6) is 0 Å². The van der Waals surface area contributed by atoms with Crippen LogP contribution in [0.25, 0.3) is 0 Å². The molecule has 0 radical (unpaired) electrons. The predicted molar refractivity (Wildman–Crippen MR) is 86.9 cm³/mol. The van der Waals surface area contributed by atoms with Crippen LogP contribution in [-0.4, -0.2) is 19.6 Å². The summed E-state index contributed by atoms with van der Waals surface area (Å²) in [4.78, 5) is 0. The summed E-state index contributed by atoms with van der Waals surface area (Å²) in [6.45, 7) is 5.89. The monoisotopic (exact) mass is 309 g/mol. The first kappa shape index (κ1) is 15.9. The topological polar surface area (TPSA) is 47.7 Å². The minimum atomic E-state index is 0. The molecule has 2 aromatic heterocycles. The maximum Gasteiger partial charge on any atom is 0.0729 e. The van der Waals surface area contributed by atoms with Crippen molar-refractivity contribution >= 4 is 18.1 Å². The third kappa shape index (κ3) is 3.59. The quantitative estimate of drug-likeness (QED) is 0.918. The molecule has 0 aromatic carbocycles. The zero-order valence-corrected chi connectivity index (χ0v) is 13.6. The number of halogens is 1. The van der Waals surface area contributed by atoms with Gasteiger partial charge in [-0.3, -0.25) is 9.36 Å². The Balaban J connectivity index is 0.00000161. The van der Waals surface area contributed by atoms with Crippen molar-refractivity contribution in [2.75, 3.05) is 5.32 Å². The highest BCUT2D eigenvalue weighted by Crippen LogP contribution is 2.29. The number of hydrogen-bond acceptors (Lipinski definition) is 3. The van der Waals surface area contributed by atoms with Crippen LogP contribution in [0.15, 0.2) is 18.6 Å². The molecule has 6 heteroatoms. The Morgan fingerprint density at radius 1 is 1.29 bits per heavy atom. The van der Waals surface area contributed by atoms with E-state index in [-0.39, 0.29) is 12.4 Å². The molecule has 0 amide bonds. The maximum absolute atomic E-state index is 4.49. The second-order valence-corrected chi connectivity index (χ2v) is 5.60. The van der Waals surface area contributed by atoms with Crippen LogP contribution in [0, 0.1) is 6.92 Å². The van der Waals surface area contributed by atoms with E-state index in [1.165, 1.54) is 31.2 Å². The standard InChI is InChI=1S/C15H23N5.ClH/c1-3-19-10-13(12(2)18-19)8-16-14-9-17-20(11-14)15-6-4-5-7-15;/h9-11,15-16H,3-8H2,1-2H3;1H. The van der Waals surface area contributed by atoms with Gasteiger partial charge in [-0.2, -0.15) is 10.2 Å². The van der Waals surface area contributed by atoms with Crippen molar-refractivity contribution in [2.24, 2.45) is 0 Å². The first-order valence-corrected chi connectivity index (χ1v) is 7.57. The summed E-state index contributed by atoms with van der Waals surface area (Å²) < 4.78 is 4.10. The van der Waals surface area contributed by atoms with Crippen LogP contribution in [0.1, 0.15) is 49.9 Å². The lowest BCUT2D eigenvalue weighted by Gasteiger charge is -2.08. The normalized spacial score (nSPS) is 15.1. The van der Waals surface area contributed by atoms with E-state index in [2.05, 4.69) is 46.4 Å². The molecule has 2 aromatic rings. The molecule has 1 aliphatic rings. The highest BCUT2D eigenvalue weighted by molar-refractivity contribution is 5.85. The van der Waals surface area contributed by atoms with Crippen LogP contribution in [0.3, 0.4) is 0 Å². The van der Waals surface area contributed by atoms with Crippen molar-refractivity contribution in [3.8, 4) is 0 Å². The molecule has 21 heavy (non-hydrogen) atoms. The fourth-order valence-electron chi connectivity index (χ4n) is 2.89. The maximum atomic E-state index is 4.49. The van der Waals surface area contributed by atoms with Crippen molar-refractivity contribution in [3.63, 3.8) is 0 Å². The van der Waals surface area contributed by atoms with E-state index in [0.29, 0.717) is 6.04 Å². The minimum absolute atomic E-state index is 0. The Kier molecular flexibility index (Phi) is 5.28. The number of aromatic nitrogens is 4. The molecule has 1 aliphatic carbocycles. The molecule has 0 aliphatic heterocycles. The van der Waals surface area contributed by atoms with Crippen molar-refractivity contribution < 1.29 is 0 Å². The van der Waals surface area contributed by atoms with Gasteiger partial charge in [-0.15, -0.1) is 12.4 Å². The van der Waals surface area contributed by atoms with E-state index in [9.17, 15) is 0 Å². The van der Waals surface area contributed by atoms with Crippen LogP contribution < -0.4 is 5.32 Å². The Morgan fingerprint density at radius 2 is 2.05 bits per heavy atom. The lowest BCUT2D eigenvalue weighted by molar-refractivity contribution is 0.467. The summed E-state index contributed by atoms with van der Waals surface area (Å²) in [5.41, 5.74) is 3.45. The van der Waals surface area contributed by atoms with Gasteiger partial charge in [0.2, 0.25) is 0 Å². The van der Waals surface area contributed by atoms with Gasteiger partial charge >= 0.3 is 0 Å². The second kappa shape index (κ2) is 6.98. The Bertz CT molecular complexity index is 568. The number of anilines is 1. The molecule has 0 spiro atoms. The number of rotatable bonds is 5. The van der Waals surface area contributed by atoms with Gasteiger partial charge in [0.1, 0.15) is 0 Å². The van der Waals surface area contributed by atoms with Gasteiger partial charge in [-0.25, -0.2) is 0 Å². The minimum Gasteiger partial charge on any atom is -0.378 e. The second-order valence-electron chi connectivity index (χ2n) is 5.60. The zero-order chi connectivity index (χ0) is 13.9. The molecule has 0 atom stereocenters. The molecular weight excluding hydrogens is 286 g/mol. The molecule has 5 nitrogen and oxygen atoms in total. The molecular formula is C15H24ClN5. The first-order chi connectivity index (χ1) is 9.76. The summed E-state index contributed by atoms with van der Waals surface area (Å²) in [6.07, 6.45) is 11.4. The molecule has 0 bridgehead atoms. The van der Waals surface area contributed by atoms with E-state index >= 15 is 0 Å². The molecule has 3 rings (SSSR count). The summed E-state index contributed by atoms with van der Waals surface area (Å²) >= 11 is 0. The number of aryl methyl sites for hydroxylation is 2. The molecule has 0 unspecified atom stereocenters. The third-order valence-corrected chi connectivity index (χ3v) is 4.16. The van der Waals surface area contributed by atoms with Gasteiger partial charge in [-0.05, 0) is 26.7 Å². The lowest BCUT2D eigenvalue weighted by atomic mass is 10.2. The van der Waals surface area contributed by atoms with Gasteiger partial charge in [0.05, 0.1) is 23.6 Å². The van der Waals surface area contributed by atoms with Crippen LogP contribution >= 0.6 is 12.4 Å².